The standard InChI is InChI=1S/C25H29N3O4/c29-22(15-28-10-6-25(7-11-28)24(30)26-8-9-27-25)17-32-23-4-3-18-13-19(1-2-20(18)14-23)21-5-12-31-16-21/h1-5,12-14,16,22,27,29H,6-11,15,17H2,(H,26,30). The summed E-state index contributed by atoms with van der Waals surface area (Å²) in [7, 11) is 0. The number of ether oxygens (including phenoxy) is 1. The number of nitrogens with zero attached hydrogens (tertiary/aromatic N) is 1. The van der Waals surface area contributed by atoms with E-state index < -0.39 is 11.6 Å². The molecular weight excluding hydrogens is 406 g/mol. The van der Waals surface area contributed by atoms with Gasteiger partial charge in [-0.1, -0.05) is 18.2 Å². The fourth-order valence-corrected chi connectivity index (χ4v) is 4.71. The number of hydrogen-bond acceptors (Lipinski definition) is 6. The van der Waals surface area contributed by atoms with Crippen LogP contribution >= 0.6 is 0 Å². The van der Waals surface area contributed by atoms with Crippen molar-refractivity contribution in [2.24, 2.45) is 0 Å². The van der Waals surface area contributed by atoms with Crippen LogP contribution in [0.5, 0.6) is 5.75 Å². The van der Waals surface area contributed by atoms with Gasteiger partial charge in [0.15, 0.2) is 0 Å². The average Bonchev–Trinajstić information content (AvgIpc) is 3.36. The number of aliphatic hydroxyl groups excluding tert-OH is 1. The smallest absolute Gasteiger partial charge is 0.240 e. The Hall–Kier alpha value is -2.87. The van der Waals surface area contributed by atoms with Crippen molar-refractivity contribution in [3.05, 3.63) is 55.0 Å². The molecule has 2 aliphatic heterocycles. The lowest BCUT2D eigenvalue weighted by atomic mass is 9.85. The van der Waals surface area contributed by atoms with Crippen LogP contribution in [0.2, 0.25) is 0 Å². The Morgan fingerprint density at radius 1 is 1.06 bits per heavy atom. The van der Waals surface area contributed by atoms with E-state index in [4.69, 9.17) is 9.15 Å². The van der Waals surface area contributed by atoms with Crippen molar-refractivity contribution in [3.8, 4) is 16.9 Å². The minimum atomic E-state index is -0.587. The van der Waals surface area contributed by atoms with Crippen molar-refractivity contribution in [2.75, 3.05) is 39.3 Å². The van der Waals surface area contributed by atoms with Gasteiger partial charge in [-0.2, -0.15) is 0 Å². The third-order valence-electron chi connectivity index (χ3n) is 6.60. The first-order valence-corrected chi connectivity index (χ1v) is 11.2. The van der Waals surface area contributed by atoms with Gasteiger partial charge < -0.3 is 29.8 Å². The quantitative estimate of drug-likeness (QED) is 0.551. The molecule has 2 aromatic carbocycles. The van der Waals surface area contributed by atoms with Gasteiger partial charge in [0.1, 0.15) is 24.0 Å². The lowest BCUT2D eigenvalue weighted by molar-refractivity contribution is -0.131. The monoisotopic (exact) mass is 435 g/mol. The summed E-state index contributed by atoms with van der Waals surface area (Å²) >= 11 is 0. The highest BCUT2D eigenvalue weighted by Crippen LogP contribution is 2.28. The van der Waals surface area contributed by atoms with Crippen LogP contribution < -0.4 is 15.4 Å². The van der Waals surface area contributed by atoms with Crippen molar-refractivity contribution in [3.63, 3.8) is 0 Å². The summed E-state index contributed by atoms with van der Waals surface area (Å²) in [5.74, 6) is 0.855. The van der Waals surface area contributed by atoms with E-state index in [1.165, 1.54) is 0 Å². The number of amides is 1. The van der Waals surface area contributed by atoms with Gasteiger partial charge in [0.2, 0.25) is 5.91 Å². The first-order chi connectivity index (χ1) is 15.6. The molecule has 3 heterocycles. The maximum Gasteiger partial charge on any atom is 0.240 e. The summed E-state index contributed by atoms with van der Waals surface area (Å²) < 4.78 is 11.1. The van der Waals surface area contributed by atoms with E-state index in [2.05, 4.69) is 33.7 Å². The van der Waals surface area contributed by atoms with E-state index in [9.17, 15) is 9.90 Å². The second-order valence-electron chi connectivity index (χ2n) is 8.77. The topological polar surface area (TPSA) is 87.0 Å². The number of rotatable bonds is 6. The van der Waals surface area contributed by atoms with Gasteiger partial charge in [-0.25, -0.2) is 0 Å². The molecule has 32 heavy (non-hydrogen) atoms. The summed E-state index contributed by atoms with van der Waals surface area (Å²) in [5, 5.41) is 19.1. The number of β-amino-alcohol motifs (C(OH)–C–C–N with tert-alkyl or cyclic N) is 1. The second-order valence-corrected chi connectivity index (χ2v) is 8.77. The van der Waals surface area contributed by atoms with Gasteiger partial charge >= 0.3 is 0 Å². The number of likely N-dealkylation sites (tertiary alicyclic amines) is 1. The molecule has 2 saturated heterocycles. The highest BCUT2D eigenvalue weighted by atomic mass is 16.5. The van der Waals surface area contributed by atoms with E-state index in [0.717, 1.165) is 60.1 Å². The van der Waals surface area contributed by atoms with Crippen LogP contribution in [0, 0.1) is 0 Å². The van der Waals surface area contributed by atoms with Crippen LogP contribution in [0.4, 0.5) is 0 Å². The van der Waals surface area contributed by atoms with Crippen LogP contribution in [0.25, 0.3) is 21.9 Å². The van der Waals surface area contributed by atoms with Crippen LogP contribution in [0.1, 0.15) is 12.8 Å². The van der Waals surface area contributed by atoms with E-state index >= 15 is 0 Å². The molecule has 168 valence electrons. The number of carbonyl (C=O) groups is 1. The van der Waals surface area contributed by atoms with Gasteiger partial charge in [0, 0.05) is 38.3 Å². The van der Waals surface area contributed by atoms with Crippen molar-refractivity contribution < 1.29 is 19.1 Å². The number of aliphatic hydroxyl groups is 1. The maximum absolute atomic E-state index is 12.3. The SMILES string of the molecule is O=C1NCCNC12CCN(CC(O)COc1ccc3cc(-c4ccoc4)ccc3c1)CC2. The Kier molecular flexibility index (Phi) is 5.87. The molecule has 5 rings (SSSR count). The number of carbonyl (C=O) groups excluding carboxylic acids is 1. The zero-order valence-electron chi connectivity index (χ0n) is 18.0. The Morgan fingerprint density at radius 3 is 2.66 bits per heavy atom. The third kappa shape index (κ3) is 4.37. The average molecular weight is 436 g/mol. The number of benzene rings is 2. The lowest BCUT2D eigenvalue weighted by Crippen LogP contribution is -2.66. The van der Waals surface area contributed by atoms with Gasteiger partial charge in [-0.05, 0) is 53.4 Å². The van der Waals surface area contributed by atoms with E-state index in [1.807, 2.05) is 24.3 Å². The molecule has 2 aliphatic rings. The fraction of sp³-hybridized carbons (Fsp3) is 0.400. The number of fused-ring (bicyclic) bond motifs is 1. The highest BCUT2D eigenvalue weighted by Gasteiger charge is 2.42. The molecule has 7 nitrogen and oxygen atoms in total. The molecule has 1 aromatic heterocycles. The number of furan rings is 1. The summed E-state index contributed by atoms with van der Waals surface area (Å²) in [4.78, 5) is 14.5. The minimum Gasteiger partial charge on any atom is -0.491 e. The first kappa shape index (κ1) is 21.0. The number of nitrogens with one attached hydrogen (secondary N) is 2. The van der Waals surface area contributed by atoms with Crippen LogP contribution in [0.15, 0.2) is 59.4 Å². The molecule has 2 fully saturated rings. The molecule has 3 aromatic rings. The van der Waals surface area contributed by atoms with Crippen molar-refractivity contribution in [1.82, 2.24) is 15.5 Å². The molecule has 0 bridgehead atoms. The van der Waals surface area contributed by atoms with Crippen molar-refractivity contribution in [1.29, 1.82) is 0 Å². The second kappa shape index (κ2) is 8.94. The molecule has 7 heteroatoms. The molecule has 3 N–H and O–H groups in total. The van der Waals surface area contributed by atoms with Gasteiger partial charge in [0.05, 0.1) is 12.5 Å². The normalized spacial score (nSPS) is 19.7. The predicted octanol–water partition coefficient (Wildman–Crippen LogP) is 2.39. The van der Waals surface area contributed by atoms with Crippen molar-refractivity contribution >= 4 is 16.7 Å². The molecule has 0 saturated carbocycles. The zero-order chi connectivity index (χ0) is 22.0. The van der Waals surface area contributed by atoms with Gasteiger partial charge in [-0.15, -0.1) is 0 Å². The number of hydrogen-bond donors (Lipinski definition) is 3. The summed E-state index contributed by atoms with van der Waals surface area (Å²) in [6.07, 6.45) is 4.35. The highest BCUT2D eigenvalue weighted by molar-refractivity contribution is 5.88. The number of piperidine rings is 1. The van der Waals surface area contributed by atoms with Gasteiger partial charge in [0.25, 0.3) is 0 Å². The van der Waals surface area contributed by atoms with Gasteiger partial charge in [-0.3, -0.25) is 4.79 Å². The maximum atomic E-state index is 12.3. The Bertz CT molecular complexity index is 1070. The molecule has 1 spiro atoms. The molecule has 0 aliphatic carbocycles. The zero-order valence-corrected chi connectivity index (χ0v) is 18.0. The molecule has 1 atom stereocenters. The lowest BCUT2D eigenvalue weighted by Gasteiger charge is -2.43. The molecular formula is C25H29N3O4. The van der Waals surface area contributed by atoms with E-state index in [0.29, 0.717) is 13.1 Å². The van der Waals surface area contributed by atoms with Crippen LogP contribution in [-0.2, 0) is 4.79 Å². The molecule has 1 amide bonds. The van der Waals surface area contributed by atoms with E-state index in [-0.39, 0.29) is 12.5 Å². The molecule has 1 unspecified atom stereocenters. The predicted molar refractivity (Wildman–Crippen MR) is 123 cm³/mol. The Morgan fingerprint density at radius 2 is 1.88 bits per heavy atom. The van der Waals surface area contributed by atoms with E-state index in [1.54, 1.807) is 12.5 Å². The Balaban J connectivity index is 1.13. The first-order valence-electron chi connectivity index (χ1n) is 11.2. The molecule has 0 radical (unpaired) electrons. The van der Waals surface area contributed by atoms with Crippen LogP contribution in [0.3, 0.4) is 0 Å². The summed E-state index contributed by atoms with van der Waals surface area (Å²) in [6, 6.07) is 14.2. The number of piperazine rings is 1. The van der Waals surface area contributed by atoms with Crippen LogP contribution in [-0.4, -0.2) is 66.9 Å². The Labute approximate surface area is 187 Å². The summed E-state index contributed by atoms with van der Waals surface area (Å²) in [5.41, 5.74) is 1.73. The van der Waals surface area contributed by atoms with Crippen molar-refractivity contribution in [2.45, 2.75) is 24.5 Å². The minimum absolute atomic E-state index is 0.112. The fourth-order valence-electron chi connectivity index (χ4n) is 4.71. The third-order valence-corrected chi connectivity index (χ3v) is 6.60. The summed E-state index contributed by atoms with van der Waals surface area (Å²) in [6.45, 7) is 3.86. The largest absolute Gasteiger partial charge is 0.491 e.